The van der Waals surface area contributed by atoms with Crippen LogP contribution in [0.15, 0.2) is 48.6 Å². The summed E-state index contributed by atoms with van der Waals surface area (Å²) in [5, 5.41) is 0. The lowest BCUT2D eigenvalue weighted by molar-refractivity contribution is -0.868. The van der Waals surface area contributed by atoms with E-state index in [1.165, 1.54) is 51.4 Å². The maximum absolute atomic E-state index is 12.7. The second kappa shape index (κ2) is 35.7. The van der Waals surface area contributed by atoms with Gasteiger partial charge in [0.15, 0.2) is 6.10 Å². The van der Waals surface area contributed by atoms with E-state index in [1.807, 2.05) is 21.1 Å². The summed E-state index contributed by atoms with van der Waals surface area (Å²) in [4.78, 5) is 37.7. The summed E-state index contributed by atoms with van der Waals surface area (Å²) < 4.78 is 29.2. The van der Waals surface area contributed by atoms with Crippen LogP contribution in [-0.4, -0.2) is 69.6 Å². The van der Waals surface area contributed by atoms with Crippen molar-refractivity contribution in [1.82, 2.24) is 0 Å². The van der Waals surface area contributed by atoms with Crippen molar-refractivity contribution in [2.45, 2.75) is 174 Å². The summed E-state index contributed by atoms with van der Waals surface area (Å²) in [6.07, 6.45) is 41.5. The van der Waals surface area contributed by atoms with Crippen molar-refractivity contribution in [2.75, 3.05) is 47.1 Å². The third-order valence-electron chi connectivity index (χ3n) is 8.89. The van der Waals surface area contributed by atoms with Gasteiger partial charge in [0.05, 0.1) is 40.5 Å². The Morgan fingerprint density at radius 3 is 1.45 bits per heavy atom. The van der Waals surface area contributed by atoms with Gasteiger partial charge in [-0.05, 0) is 77.0 Å². The van der Waals surface area contributed by atoms with Crippen LogP contribution in [0.2, 0.25) is 0 Å². The lowest BCUT2D eigenvalue weighted by atomic mass is 10.1. The van der Waals surface area contributed by atoms with Crippen molar-refractivity contribution < 1.29 is 37.5 Å². The summed E-state index contributed by atoms with van der Waals surface area (Å²) in [7, 11) is 1.58. The zero-order valence-corrected chi connectivity index (χ0v) is 35.6. The van der Waals surface area contributed by atoms with Crippen molar-refractivity contribution in [1.29, 1.82) is 0 Å². The number of nitrogens with zero attached hydrogens (tertiary/aromatic N) is 1. The van der Waals surface area contributed by atoms with Gasteiger partial charge >= 0.3 is 11.9 Å². The van der Waals surface area contributed by atoms with E-state index in [0.717, 1.165) is 83.5 Å². The van der Waals surface area contributed by atoms with Crippen molar-refractivity contribution in [2.24, 2.45) is 0 Å². The van der Waals surface area contributed by atoms with E-state index in [0.29, 0.717) is 17.4 Å². The van der Waals surface area contributed by atoms with Crippen LogP contribution in [0.1, 0.15) is 168 Å². The zero-order valence-electron chi connectivity index (χ0n) is 34.7. The Labute approximate surface area is 326 Å². The average molecular weight is 766 g/mol. The molecule has 0 spiro atoms. The van der Waals surface area contributed by atoms with E-state index in [-0.39, 0.29) is 38.2 Å². The molecule has 0 rings (SSSR count). The van der Waals surface area contributed by atoms with Gasteiger partial charge < -0.3 is 27.9 Å². The quantitative estimate of drug-likeness (QED) is 0.0204. The molecule has 0 fully saturated rings. The number of ether oxygens (including phenoxy) is 2. The van der Waals surface area contributed by atoms with Gasteiger partial charge in [0, 0.05) is 12.8 Å². The molecule has 308 valence electrons. The number of esters is 2. The second-order valence-corrected chi connectivity index (χ2v) is 17.3. The molecule has 0 saturated carbocycles. The summed E-state index contributed by atoms with van der Waals surface area (Å²) in [6, 6.07) is 0. The first-order valence-corrected chi connectivity index (χ1v) is 22.9. The summed E-state index contributed by atoms with van der Waals surface area (Å²) >= 11 is 0. The Hall–Kier alpha value is -1.99. The molecule has 2 atom stereocenters. The maximum Gasteiger partial charge on any atom is 0.306 e. The van der Waals surface area contributed by atoms with Crippen LogP contribution >= 0.6 is 7.60 Å². The van der Waals surface area contributed by atoms with Crippen molar-refractivity contribution in [3.05, 3.63) is 48.6 Å². The van der Waals surface area contributed by atoms with Crippen LogP contribution in [0.25, 0.3) is 0 Å². The molecule has 2 unspecified atom stereocenters. The topological polar surface area (TPSA) is 102 Å². The van der Waals surface area contributed by atoms with E-state index < -0.39 is 19.7 Å². The normalized spacial score (nSPS) is 14.2. The van der Waals surface area contributed by atoms with E-state index in [1.54, 1.807) is 0 Å². The number of carbonyl (C=O) groups is 2. The van der Waals surface area contributed by atoms with Crippen LogP contribution in [0.5, 0.6) is 0 Å². The number of unbranched alkanes of at least 4 members (excludes halogenated alkanes) is 16. The molecule has 53 heavy (non-hydrogen) atoms. The molecule has 0 aliphatic carbocycles. The first-order chi connectivity index (χ1) is 25.5. The molecule has 0 amide bonds. The highest BCUT2D eigenvalue weighted by Gasteiger charge is 2.22. The number of hydrogen-bond acceptors (Lipinski definition) is 7. The van der Waals surface area contributed by atoms with Crippen molar-refractivity contribution in [3.63, 3.8) is 0 Å². The molecule has 0 N–H and O–H groups in total. The van der Waals surface area contributed by atoms with Gasteiger partial charge in [-0.3, -0.25) is 9.59 Å². The largest absolute Gasteiger partial charge is 0.778 e. The Morgan fingerprint density at radius 1 is 0.585 bits per heavy atom. The summed E-state index contributed by atoms with van der Waals surface area (Å²) in [5.74, 6) is -0.804. The number of hydrogen-bond donors (Lipinski definition) is 0. The summed E-state index contributed by atoms with van der Waals surface area (Å²) in [6.45, 7) is 4.26. The minimum Gasteiger partial charge on any atom is -0.778 e. The van der Waals surface area contributed by atoms with Crippen LogP contribution in [0.4, 0.5) is 0 Å². The molecular weight excluding hydrogens is 685 g/mol. The molecule has 9 heteroatoms. The molecule has 0 saturated heterocycles. The van der Waals surface area contributed by atoms with Crippen LogP contribution < -0.4 is 4.89 Å². The van der Waals surface area contributed by atoms with Crippen molar-refractivity contribution in [3.8, 4) is 0 Å². The van der Waals surface area contributed by atoms with Crippen LogP contribution in [0.3, 0.4) is 0 Å². The highest BCUT2D eigenvalue weighted by Crippen LogP contribution is 2.37. The number of quaternary nitrogens is 1. The molecule has 0 bridgehead atoms. The second-order valence-electron chi connectivity index (χ2n) is 15.4. The zero-order chi connectivity index (χ0) is 39.3. The third-order valence-corrected chi connectivity index (χ3v) is 10.2. The highest BCUT2D eigenvalue weighted by atomic mass is 31.2. The fraction of sp³-hybridized carbons (Fsp3) is 0.773. The predicted octanol–water partition coefficient (Wildman–Crippen LogP) is 11.3. The average Bonchev–Trinajstić information content (AvgIpc) is 3.11. The first kappa shape index (κ1) is 51.0. The smallest absolute Gasteiger partial charge is 0.306 e. The van der Waals surface area contributed by atoms with Crippen LogP contribution in [-0.2, 0) is 28.2 Å². The standard InChI is InChI=1S/C44H80NO7P/c1-6-8-10-12-14-16-18-20-22-24-26-28-30-32-34-36-43(46)50-40-42(41-51-53(48,49)39-38-45(3,4)5)52-44(47)37-35-33-31-29-27-25-23-21-19-17-15-13-11-9-7-2/h14-17,20-23,42H,6-13,18-19,24-41H2,1-5H3/b16-14-,17-15-,22-20-,23-21-. The third kappa shape index (κ3) is 39.5. The van der Waals surface area contributed by atoms with Crippen molar-refractivity contribution >= 4 is 19.5 Å². The first-order valence-electron chi connectivity index (χ1n) is 21.2. The number of rotatable bonds is 37. The SMILES string of the molecule is CCCCC/C=C\C/C=C\CCCCCCCC(=O)OCC(COP(=O)([O-])CC[N+](C)(C)C)OC(=O)CCCCCCC/C=C\C/C=C\CCCCC. The summed E-state index contributed by atoms with van der Waals surface area (Å²) in [5.41, 5.74) is 0. The lowest BCUT2D eigenvalue weighted by Gasteiger charge is -2.30. The van der Waals surface area contributed by atoms with E-state index >= 15 is 0 Å². The Morgan fingerprint density at radius 2 is 1.00 bits per heavy atom. The fourth-order valence-electron chi connectivity index (χ4n) is 5.46. The minimum atomic E-state index is -4.15. The Kier molecular flexibility index (Phi) is 34.4. The van der Waals surface area contributed by atoms with Gasteiger partial charge in [-0.1, -0.05) is 127 Å². The maximum atomic E-state index is 12.7. The van der Waals surface area contributed by atoms with Gasteiger partial charge in [-0.15, -0.1) is 0 Å². The highest BCUT2D eigenvalue weighted by molar-refractivity contribution is 7.51. The van der Waals surface area contributed by atoms with E-state index in [4.69, 9.17) is 14.0 Å². The van der Waals surface area contributed by atoms with E-state index in [2.05, 4.69) is 62.5 Å². The predicted molar refractivity (Wildman–Crippen MR) is 221 cm³/mol. The fourth-order valence-corrected chi connectivity index (χ4v) is 6.83. The number of carbonyl (C=O) groups excluding carboxylic acids is 2. The molecule has 8 nitrogen and oxygen atoms in total. The Balaban J connectivity index is 4.40. The molecule has 0 aromatic rings. The van der Waals surface area contributed by atoms with Crippen LogP contribution in [0, 0.1) is 0 Å². The minimum absolute atomic E-state index is 0.129. The molecular formula is C44H80NO7P. The van der Waals surface area contributed by atoms with Gasteiger partial charge in [-0.2, -0.15) is 0 Å². The molecule has 0 aromatic carbocycles. The van der Waals surface area contributed by atoms with Gasteiger partial charge in [-0.25, -0.2) is 0 Å². The molecule has 0 aliphatic heterocycles. The molecule has 0 radical (unpaired) electrons. The van der Waals surface area contributed by atoms with E-state index in [9.17, 15) is 19.0 Å². The molecule has 0 aromatic heterocycles. The molecule has 0 heterocycles. The van der Waals surface area contributed by atoms with Gasteiger partial charge in [0.25, 0.3) is 0 Å². The van der Waals surface area contributed by atoms with Gasteiger partial charge in [0.1, 0.15) is 14.2 Å². The number of allylic oxidation sites excluding steroid dienone is 8. The lowest BCUT2D eigenvalue weighted by Crippen LogP contribution is -2.38. The van der Waals surface area contributed by atoms with Gasteiger partial charge in [0.2, 0.25) is 0 Å². The molecule has 0 aliphatic rings. The Bertz CT molecular complexity index is 1050. The monoisotopic (exact) mass is 766 g/mol.